The van der Waals surface area contributed by atoms with Crippen LogP contribution in [-0.2, 0) is 10.0 Å². The first-order valence-electron chi connectivity index (χ1n) is 7.14. The summed E-state index contributed by atoms with van der Waals surface area (Å²) in [5.74, 6) is 5.79. The van der Waals surface area contributed by atoms with E-state index in [0.717, 1.165) is 11.8 Å². The Morgan fingerprint density at radius 2 is 2.00 bits per heavy atom. The van der Waals surface area contributed by atoms with E-state index in [0.29, 0.717) is 5.75 Å². The van der Waals surface area contributed by atoms with E-state index in [-0.39, 0.29) is 13.2 Å². The SMILES string of the molecule is Cc1ccc(OCC#CCNS(=O)(=O)c2ccccc2[N+](=O)[O-])cn1. The summed E-state index contributed by atoms with van der Waals surface area (Å²) in [5, 5.41) is 10.9. The number of pyridine rings is 1. The number of aromatic nitrogens is 1. The highest BCUT2D eigenvalue weighted by Crippen LogP contribution is 2.22. The molecule has 0 saturated carbocycles. The average Bonchev–Trinajstić information content (AvgIpc) is 2.59. The fraction of sp³-hybridized carbons (Fsp3) is 0.188. The van der Waals surface area contributed by atoms with Crippen LogP contribution in [0, 0.1) is 28.9 Å². The Bertz CT molecular complexity index is 915. The van der Waals surface area contributed by atoms with Gasteiger partial charge in [-0.1, -0.05) is 24.0 Å². The molecule has 25 heavy (non-hydrogen) atoms. The summed E-state index contributed by atoms with van der Waals surface area (Å²) >= 11 is 0. The van der Waals surface area contributed by atoms with Crippen molar-refractivity contribution in [3.63, 3.8) is 0 Å². The predicted molar refractivity (Wildman–Crippen MR) is 90.5 cm³/mol. The number of benzene rings is 1. The first-order chi connectivity index (χ1) is 11.9. The normalized spacial score (nSPS) is 10.6. The third kappa shape index (κ3) is 5.27. The first-order valence-corrected chi connectivity index (χ1v) is 8.63. The van der Waals surface area contributed by atoms with E-state index in [1.807, 2.05) is 6.92 Å². The average molecular weight is 361 g/mol. The highest BCUT2D eigenvalue weighted by molar-refractivity contribution is 7.89. The van der Waals surface area contributed by atoms with Gasteiger partial charge in [0.25, 0.3) is 5.69 Å². The Morgan fingerprint density at radius 3 is 2.68 bits per heavy atom. The van der Waals surface area contributed by atoms with Crippen molar-refractivity contribution in [3.8, 4) is 17.6 Å². The second-order valence-electron chi connectivity index (χ2n) is 4.83. The minimum absolute atomic E-state index is 0.0674. The summed E-state index contributed by atoms with van der Waals surface area (Å²) in [4.78, 5) is 13.8. The fourth-order valence-electron chi connectivity index (χ4n) is 1.82. The fourth-order valence-corrected chi connectivity index (χ4v) is 2.91. The molecule has 0 spiro atoms. The lowest BCUT2D eigenvalue weighted by atomic mass is 10.3. The zero-order chi connectivity index (χ0) is 18.3. The Hall–Kier alpha value is -2.96. The second kappa shape index (κ2) is 8.23. The van der Waals surface area contributed by atoms with E-state index in [9.17, 15) is 18.5 Å². The molecular weight excluding hydrogens is 346 g/mol. The Morgan fingerprint density at radius 1 is 1.24 bits per heavy atom. The number of sulfonamides is 1. The van der Waals surface area contributed by atoms with E-state index < -0.39 is 25.5 Å². The number of rotatable bonds is 6. The summed E-state index contributed by atoms with van der Waals surface area (Å²) in [7, 11) is -4.03. The minimum atomic E-state index is -4.03. The molecular formula is C16H15N3O5S. The number of nitro groups is 1. The molecule has 2 aromatic rings. The Labute approximate surface area is 145 Å². The number of para-hydroxylation sites is 1. The van der Waals surface area contributed by atoms with Gasteiger partial charge in [0.1, 0.15) is 12.4 Å². The van der Waals surface area contributed by atoms with Crippen LogP contribution in [0.25, 0.3) is 0 Å². The number of nitro benzene ring substituents is 1. The maximum Gasteiger partial charge on any atom is 0.289 e. The van der Waals surface area contributed by atoms with Crippen LogP contribution in [0.4, 0.5) is 5.69 Å². The van der Waals surface area contributed by atoms with Crippen LogP contribution in [0.5, 0.6) is 5.75 Å². The Kier molecular flexibility index (Phi) is 6.05. The molecule has 0 radical (unpaired) electrons. The topological polar surface area (TPSA) is 111 Å². The zero-order valence-electron chi connectivity index (χ0n) is 13.3. The van der Waals surface area contributed by atoms with Crippen molar-refractivity contribution >= 4 is 15.7 Å². The molecule has 0 unspecified atom stereocenters. The lowest BCUT2D eigenvalue weighted by Gasteiger charge is -2.04. The number of aryl methyl sites for hydroxylation is 1. The van der Waals surface area contributed by atoms with Gasteiger partial charge in [-0.05, 0) is 25.1 Å². The summed E-state index contributed by atoms with van der Waals surface area (Å²) in [6.07, 6.45) is 1.56. The molecule has 1 N–H and O–H groups in total. The van der Waals surface area contributed by atoms with Crippen LogP contribution < -0.4 is 9.46 Å². The van der Waals surface area contributed by atoms with Crippen molar-refractivity contribution in [2.24, 2.45) is 0 Å². The number of hydrogen-bond acceptors (Lipinski definition) is 6. The summed E-state index contributed by atoms with van der Waals surface area (Å²) < 4.78 is 31.8. The Balaban J connectivity index is 1.91. The molecule has 1 aromatic carbocycles. The van der Waals surface area contributed by atoms with E-state index >= 15 is 0 Å². The highest BCUT2D eigenvalue weighted by Gasteiger charge is 2.24. The maximum atomic E-state index is 12.1. The van der Waals surface area contributed by atoms with Gasteiger partial charge in [0.05, 0.1) is 17.7 Å². The molecule has 9 heteroatoms. The molecule has 0 atom stereocenters. The molecule has 0 aliphatic carbocycles. The van der Waals surface area contributed by atoms with Gasteiger partial charge in [0, 0.05) is 11.8 Å². The number of nitrogens with zero attached hydrogens (tertiary/aromatic N) is 2. The van der Waals surface area contributed by atoms with Crippen LogP contribution >= 0.6 is 0 Å². The molecule has 0 amide bonds. The van der Waals surface area contributed by atoms with Gasteiger partial charge >= 0.3 is 0 Å². The minimum Gasteiger partial charge on any atom is -0.479 e. The molecule has 0 saturated heterocycles. The third-order valence-electron chi connectivity index (χ3n) is 3.02. The summed E-state index contributed by atoms with van der Waals surface area (Å²) in [5.41, 5.74) is 0.376. The number of hydrogen-bond donors (Lipinski definition) is 1. The van der Waals surface area contributed by atoms with Crippen molar-refractivity contribution < 1.29 is 18.1 Å². The van der Waals surface area contributed by atoms with E-state index in [4.69, 9.17) is 4.74 Å². The van der Waals surface area contributed by atoms with Crippen molar-refractivity contribution in [1.82, 2.24) is 9.71 Å². The largest absolute Gasteiger partial charge is 0.479 e. The number of nitrogens with one attached hydrogen (secondary N) is 1. The molecule has 0 fully saturated rings. The van der Waals surface area contributed by atoms with Crippen LogP contribution in [0.1, 0.15) is 5.69 Å². The molecule has 1 aromatic heterocycles. The van der Waals surface area contributed by atoms with Crippen LogP contribution in [-0.4, -0.2) is 31.5 Å². The van der Waals surface area contributed by atoms with Gasteiger partial charge in [-0.3, -0.25) is 15.1 Å². The third-order valence-corrected chi connectivity index (χ3v) is 4.47. The summed E-state index contributed by atoms with van der Waals surface area (Å²) in [6, 6.07) is 8.65. The number of ether oxygens (including phenoxy) is 1. The molecule has 130 valence electrons. The molecule has 1 heterocycles. The zero-order valence-corrected chi connectivity index (χ0v) is 14.1. The maximum absolute atomic E-state index is 12.1. The van der Waals surface area contributed by atoms with Crippen LogP contribution in [0.3, 0.4) is 0 Å². The van der Waals surface area contributed by atoms with E-state index in [2.05, 4.69) is 21.5 Å². The first kappa shape index (κ1) is 18.4. The van der Waals surface area contributed by atoms with E-state index in [1.54, 1.807) is 18.3 Å². The van der Waals surface area contributed by atoms with E-state index in [1.165, 1.54) is 18.2 Å². The van der Waals surface area contributed by atoms with Gasteiger partial charge in [-0.15, -0.1) is 0 Å². The van der Waals surface area contributed by atoms with Crippen molar-refractivity contribution in [3.05, 3.63) is 58.4 Å². The monoisotopic (exact) mass is 361 g/mol. The van der Waals surface area contributed by atoms with Crippen molar-refractivity contribution in [1.29, 1.82) is 0 Å². The van der Waals surface area contributed by atoms with Crippen molar-refractivity contribution in [2.45, 2.75) is 11.8 Å². The van der Waals surface area contributed by atoms with Crippen LogP contribution in [0.2, 0.25) is 0 Å². The standard InChI is InChI=1S/C16H15N3O5S/c1-13-8-9-14(12-17-13)24-11-5-4-10-18-25(22,23)16-7-3-2-6-15(16)19(20)21/h2-3,6-9,12,18H,10-11H2,1H3. The van der Waals surface area contributed by atoms with Gasteiger partial charge < -0.3 is 4.74 Å². The van der Waals surface area contributed by atoms with Crippen LogP contribution in [0.15, 0.2) is 47.5 Å². The van der Waals surface area contributed by atoms with Gasteiger partial charge in [-0.2, -0.15) is 4.72 Å². The predicted octanol–water partition coefficient (Wildman–Crippen LogP) is 1.66. The molecule has 0 bridgehead atoms. The molecule has 8 nitrogen and oxygen atoms in total. The molecule has 0 aliphatic heterocycles. The molecule has 2 rings (SSSR count). The molecule has 0 aliphatic rings. The quantitative estimate of drug-likeness (QED) is 0.476. The van der Waals surface area contributed by atoms with Crippen molar-refractivity contribution in [2.75, 3.05) is 13.2 Å². The van der Waals surface area contributed by atoms with Gasteiger partial charge in [0.15, 0.2) is 4.90 Å². The lowest BCUT2D eigenvalue weighted by molar-refractivity contribution is -0.387. The highest BCUT2D eigenvalue weighted by atomic mass is 32.2. The summed E-state index contributed by atoms with van der Waals surface area (Å²) in [6.45, 7) is 1.73. The van der Waals surface area contributed by atoms with Gasteiger partial charge in [-0.25, -0.2) is 8.42 Å². The lowest BCUT2D eigenvalue weighted by Crippen LogP contribution is -2.24. The van der Waals surface area contributed by atoms with Gasteiger partial charge in [0.2, 0.25) is 10.0 Å². The second-order valence-corrected chi connectivity index (χ2v) is 6.56. The smallest absolute Gasteiger partial charge is 0.289 e.